The van der Waals surface area contributed by atoms with E-state index in [2.05, 4.69) is 37.3 Å². The lowest BCUT2D eigenvalue weighted by molar-refractivity contribution is -0.462. The standard InChI is InChI=1S/C20H32O4/c1-2-3-4-5-9-12-15-18-19(24-23-18)16-13-10-7-6-8-11-14-17-20(21)22/h6,8-10,12-13,18-19H,2-5,7,11,14-17H2,1H3,(H,21,22)/b8-6-,12-9-,13-10-/t18-,19+/m0/s1. The molecule has 136 valence electrons. The molecule has 0 saturated carbocycles. The molecule has 1 aliphatic heterocycles. The van der Waals surface area contributed by atoms with Crippen molar-refractivity contribution < 1.29 is 19.7 Å². The van der Waals surface area contributed by atoms with Gasteiger partial charge < -0.3 is 5.11 Å². The SMILES string of the molecule is CCCCC/C=C\C[C@@H]1OO[C@@H]1C/C=C\C/C=C\CCCC(=O)O. The zero-order chi connectivity index (χ0) is 17.5. The number of carboxylic acids is 1. The van der Waals surface area contributed by atoms with E-state index in [4.69, 9.17) is 14.9 Å². The predicted octanol–water partition coefficient (Wildman–Crippen LogP) is 5.36. The van der Waals surface area contributed by atoms with Gasteiger partial charge >= 0.3 is 5.97 Å². The molecule has 0 aliphatic carbocycles. The summed E-state index contributed by atoms with van der Waals surface area (Å²) in [5.41, 5.74) is 0. The highest BCUT2D eigenvalue weighted by Crippen LogP contribution is 2.24. The smallest absolute Gasteiger partial charge is 0.303 e. The van der Waals surface area contributed by atoms with Crippen LogP contribution in [-0.4, -0.2) is 23.3 Å². The summed E-state index contributed by atoms with van der Waals surface area (Å²) in [6.07, 6.45) is 22.6. The molecule has 0 radical (unpaired) electrons. The van der Waals surface area contributed by atoms with E-state index in [0.29, 0.717) is 6.42 Å². The number of aliphatic carboxylic acids is 1. The molecule has 24 heavy (non-hydrogen) atoms. The fourth-order valence-corrected chi connectivity index (χ4v) is 2.45. The molecule has 1 N–H and O–H groups in total. The number of rotatable bonds is 14. The monoisotopic (exact) mass is 336 g/mol. The summed E-state index contributed by atoms with van der Waals surface area (Å²) in [6.45, 7) is 2.22. The number of unbranched alkanes of at least 4 members (excludes halogenated alkanes) is 4. The van der Waals surface area contributed by atoms with Crippen LogP contribution in [0.15, 0.2) is 36.5 Å². The van der Waals surface area contributed by atoms with Gasteiger partial charge in [-0.05, 0) is 44.9 Å². The van der Waals surface area contributed by atoms with E-state index < -0.39 is 5.97 Å². The minimum Gasteiger partial charge on any atom is -0.481 e. The Kier molecular flexibility index (Phi) is 12.0. The quantitative estimate of drug-likeness (QED) is 0.263. The number of hydrogen-bond acceptors (Lipinski definition) is 3. The van der Waals surface area contributed by atoms with Crippen LogP contribution in [0.2, 0.25) is 0 Å². The zero-order valence-electron chi connectivity index (χ0n) is 14.9. The molecule has 1 heterocycles. The summed E-state index contributed by atoms with van der Waals surface area (Å²) < 4.78 is 0. The Morgan fingerprint density at radius 1 is 0.875 bits per heavy atom. The molecule has 4 heteroatoms. The van der Waals surface area contributed by atoms with Gasteiger partial charge in [-0.1, -0.05) is 56.2 Å². The molecule has 1 rings (SSSR count). The van der Waals surface area contributed by atoms with Crippen LogP contribution >= 0.6 is 0 Å². The molecule has 0 aromatic heterocycles. The van der Waals surface area contributed by atoms with E-state index in [0.717, 1.165) is 32.1 Å². The van der Waals surface area contributed by atoms with Crippen LogP contribution in [0.4, 0.5) is 0 Å². The van der Waals surface area contributed by atoms with Gasteiger partial charge in [-0.25, -0.2) is 9.78 Å². The Labute approximate surface area is 146 Å². The van der Waals surface area contributed by atoms with Crippen molar-refractivity contribution in [3.8, 4) is 0 Å². The fraction of sp³-hybridized carbons (Fsp3) is 0.650. The number of hydrogen-bond donors (Lipinski definition) is 1. The van der Waals surface area contributed by atoms with Gasteiger partial charge in [-0.3, -0.25) is 4.79 Å². The third-order valence-corrected chi connectivity index (χ3v) is 3.96. The minimum absolute atomic E-state index is 0.168. The maximum absolute atomic E-state index is 10.4. The Bertz CT molecular complexity index is 412. The van der Waals surface area contributed by atoms with Gasteiger partial charge in [0.1, 0.15) is 12.2 Å². The van der Waals surface area contributed by atoms with Gasteiger partial charge in [0.05, 0.1) is 0 Å². The predicted molar refractivity (Wildman–Crippen MR) is 96.6 cm³/mol. The zero-order valence-corrected chi connectivity index (χ0v) is 14.9. The second-order valence-electron chi connectivity index (χ2n) is 6.17. The molecular weight excluding hydrogens is 304 g/mol. The highest BCUT2D eigenvalue weighted by atomic mass is 17.2. The Morgan fingerprint density at radius 2 is 1.46 bits per heavy atom. The van der Waals surface area contributed by atoms with E-state index >= 15 is 0 Å². The Morgan fingerprint density at radius 3 is 2.08 bits per heavy atom. The van der Waals surface area contributed by atoms with E-state index in [1.54, 1.807) is 0 Å². The summed E-state index contributed by atoms with van der Waals surface area (Å²) in [7, 11) is 0. The van der Waals surface area contributed by atoms with Gasteiger partial charge in [0.25, 0.3) is 0 Å². The summed E-state index contributed by atoms with van der Waals surface area (Å²) in [6, 6.07) is 0. The van der Waals surface area contributed by atoms with Crippen LogP contribution in [0.25, 0.3) is 0 Å². The molecule has 0 spiro atoms. The molecule has 0 aromatic rings. The highest BCUT2D eigenvalue weighted by Gasteiger charge is 2.32. The van der Waals surface area contributed by atoms with Gasteiger partial charge in [-0.15, -0.1) is 0 Å². The number of allylic oxidation sites excluding steroid dienone is 4. The summed E-state index contributed by atoms with van der Waals surface area (Å²) in [5, 5.41) is 8.53. The average Bonchev–Trinajstić information content (AvgIpc) is 2.54. The van der Waals surface area contributed by atoms with Crippen molar-refractivity contribution >= 4 is 5.97 Å². The van der Waals surface area contributed by atoms with Crippen LogP contribution in [0.3, 0.4) is 0 Å². The number of carboxylic acid groups (broad SMARTS) is 1. The maximum atomic E-state index is 10.4. The Hall–Kier alpha value is -1.39. The lowest BCUT2D eigenvalue weighted by Gasteiger charge is -2.33. The van der Waals surface area contributed by atoms with Gasteiger partial charge in [0, 0.05) is 6.42 Å². The lowest BCUT2D eigenvalue weighted by Crippen LogP contribution is -2.41. The van der Waals surface area contributed by atoms with Crippen LogP contribution in [-0.2, 0) is 14.6 Å². The third kappa shape index (κ3) is 10.4. The Balaban J connectivity index is 2.02. The van der Waals surface area contributed by atoms with Crippen LogP contribution in [0.5, 0.6) is 0 Å². The van der Waals surface area contributed by atoms with E-state index in [1.165, 1.54) is 19.3 Å². The molecule has 2 atom stereocenters. The van der Waals surface area contributed by atoms with Crippen molar-refractivity contribution in [3.05, 3.63) is 36.5 Å². The topological polar surface area (TPSA) is 55.8 Å². The first kappa shape index (κ1) is 20.7. The van der Waals surface area contributed by atoms with Crippen molar-refractivity contribution in [1.29, 1.82) is 0 Å². The van der Waals surface area contributed by atoms with Gasteiger partial charge in [-0.2, -0.15) is 0 Å². The molecule has 0 bridgehead atoms. The lowest BCUT2D eigenvalue weighted by atomic mass is 10.0. The molecule has 0 aromatic carbocycles. The molecule has 1 aliphatic rings. The maximum Gasteiger partial charge on any atom is 0.303 e. The molecule has 4 nitrogen and oxygen atoms in total. The van der Waals surface area contributed by atoms with E-state index in [9.17, 15) is 4.79 Å². The first-order valence-corrected chi connectivity index (χ1v) is 9.23. The summed E-state index contributed by atoms with van der Waals surface area (Å²) in [5.74, 6) is -0.726. The average molecular weight is 336 g/mol. The normalized spacial score (nSPS) is 21.0. The molecule has 0 amide bonds. The number of carbonyl (C=O) groups is 1. The van der Waals surface area contributed by atoms with E-state index in [-0.39, 0.29) is 18.6 Å². The largest absolute Gasteiger partial charge is 0.481 e. The van der Waals surface area contributed by atoms with Crippen molar-refractivity contribution in [2.45, 2.75) is 83.3 Å². The molecule has 0 unspecified atom stereocenters. The molecule has 1 saturated heterocycles. The third-order valence-electron chi connectivity index (χ3n) is 3.96. The first-order chi connectivity index (χ1) is 11.7. The molecular formula is C20H32O4. The van der Waals surface area contributed by atoms with Crippen LogP contribution in [0.1, 0.15) is 71.1 Å². The second kappa shape index (κ2) is 14.0. The summed E-state index contributed by atoms with van der Waals surface area (Å²) >= 11 is 0. The van der Waals surface area contributed by atoms with Gasteiger partial charge in [0.15, 0.2) is 0 Å². The van der Waals surface area contributed by atoms with Crippen molar-refractivity contribution in [2.24, 2.45) is 0 Å². The van der Waals surface area contributed by atoms with Crippen molar-refractivity contribution in [1.82, 2.24) is 0 Å². The second-order valence-corrected chi connectivity index (χ2v) is 6.17. The highest BCUT2D eigenvalue weighted by molar-refractivity contribution is 5.66. The fourth-order valence-electron chi connectivity index (χ4n) is 2.45. The van der Waals surface area contributed by atoms with Gasteiger partial charge in [0.2, 0.25) is 0 Å². The van der Waals surface area contributed by atoms with Crippen LogP contribution in [0, 0.1) is 0 Å². The summed E-state index contributed by atoms with van der Waals surface area (Å²) in [4.78, 5) is 20.7. The van der Waals surface area contributed by atoms with E-state index in [1.807, 2.05) is 6.08 Å². The van der Waals surface area contributed by atoms with Crippen LogP contribution < -0.4 is 0 Å². The first-order valence-electron chi connectivity index (χ1n) is 9.23. The van der Waals surface area contributed by atoms with Crippen molar-refractivity contribution in [2.75, 3.05) is 0 Å². The van der Waals surface area contributed by atoms with Crippen molar-refractivity contribution in [3.63, 3.8) is 0 Å². The minimum atomic E-state index is -0.726. The molecule has 1 fully saturated rings.